The number of carbonyl (C=O) groups is 11. The number of ether oxygens (including phenoxy) is 3. The molecule has 6 N–H and O–H groups in total. The van der Waals surface area contributed by atoms with Gasteiger partial charge >= 0.3 is 12.1 Å². The summed E-state index contributed by atoms with van der Waals surface area (Å²) in [6.07, 6.45) is 4.21. The molecular weight excluding hydrogens is 1320 g/mol. The van der Waals surface area contributed by atoms with Crippen LogP contribution in [0.5, 0.6) is 0 Å². The summed E-state index contributed by atoms with van der Waals surface area (Å²) in [5, 5.41) is 14.4. The van der Waals surface area contributed by atoms with Gasteiger partial charge in [-0.15, -0.1) is 16.4 Å². The SMILES string of the molecule is CC[C@H](C)[C@@H]([C@@H](CC(=O)N1CCC[C@H]1[C@H](OC)[C@@H](C)C(=O)C[C@@H](Cc1ccccc1)c1nccs1)OC)N(C)C(=O)[C@@H](CC(=O)[C@H](C(C)C)N(C)C(=O)OCc1ccc(NC(=O)[C@H](CCCNC(N)=O)NC(=O)[C@@H](NC(=O)CCCCCON2C(=O)c3ccccc3C2=O)C(C)C)cc1)C(C)C. The number of primary amides is 1. The summed E-state index contributed by atoms with van der Waals surface area (Å²) in [5.41, 5.74) is 7.81. The van der Waals surface area contributed by atoms with Gasteiger partial charge in [0.05, 0.1) is 59.5 Å². The molecule has 26 heteroatoms. The minimum atomic E-state index is -1.12. The summed E-state index contributed by atoms with van der Waals surface area (Å²) in [6.45, 7) is 17.2. The molecule has 2 aliphatic heterocycles. The monoisotopic (exact) mass is 1430 g/mol. The Bertz CT molecular complexity index is 3410. The number of carbonyl (C=O) groups excluding carboxylic acids is 11. The zero-order valence-electron chi connectivity index (χ0n) is 61.6. The Hall–Kier alpha value is -8.46. The normalized spacial score (nSPS) is 16.6. The fraction of sp³-hybridized carbons (Fsp3) is 0.579. The fourth-order valence-electron chi connectivity index (χ4n) is 13.7. The number of imide groups is 1. The number of benzene rings is 3. The Morgan fingerprint density at radius 1 is 0.725 bits per heavy atom. The summed E-state index contributed by atoms with van der Waals surface area (Å²) >= 11 is 1.53. The van der Waals surface area contributed by atoms with E-state index in [1.165, 1.54) is 30.4 Å². The Labute approximate surface area is 604 Å². The van der Waals surface area contributed by atoms with E-state index in [1.807, 2.05) is 76.9 Å². The van der Waals surface area contributed by atoms with Gasteiger partial charge in [-0.2, -0.15) is 0 Å². The Morgan fingerprint density at radius 3 is 1.98 bits per heavy atom. The first kappa shape index (κ1) is 82.5. The van der Waals surface area contributed by atoms with Crippen LogP contribution in [0, 0.1) is 35.5 Å². The van der Waals surface area contributed by atoms with Crippen molar-refractivity contribution in [1.29, 1.82) is 0 Å². The first-order valence-electron chi connectivity index (χ1n) is 35.8. The molecule has 3 heterocycles. The lowest BCUT2D eigenvalue weighted by molar-refractivity contribution is -0.149. The summed E-state index contributed by atoms with van der Waals surface area (Å²) in [5.74, 6) is -6.08. The lowest BCUT2D eigenvalue weighted by atomic mass is 9.83. The molecule has 1 aromatic heterocycles. The number of likely N-dealkylation sites (tertiary alicyclic amines) is 1. The Kier molecular flexibility index (Phi) is 32.7. The number of aromatic nitrogens is 1. The predicted molar refractivity (Wildman–Crippen MR) is 387 cm³/mol. The number of nitrogens with one attached hydrogen (secondary N) is 4. The number of anilines is 1. The van der Waals surface area contributed by atoms with Crippen LogP contribution in [-0.4, -0.2) is 180 Å². The summed E-state index contributed by atoms with van der Waals surface area (Å²) in [6, 6.07) is 18.1. The molecule has 0 bridgehead atoms. The van der Waals surface area contributed by atoms with Crippen LogP contribution in [0.3, 0.4) is 0 Å². The van der Waals surface area contributed by atoms with Gasteiger partial charge in [-0.05, 0) is 104 Å². The fourth-order valence-corrected chi connectivity index (χ4v) is 14.4. The zero-order valence-corrected chi connectivity index (χ0v) is 62.4. The van der Waals surface area contributed by atoms with Crippen LogP contribution in [0.15, 0.2) is 90.4 Å². The van der Waals surface area contributed by atoms with E-state index in [9.17, 15) is 52.7 Å². The van der Waals surface area contributed by atoms with E-state index in [4.69, 9.17) is 24.8 Å². The molecule has 3 aromatic carbocycles. The van der Waals surface area contributed by atoms with Gasteiger partial charge in [-0.25, -0.2) is 14.6 Å². The molecule has 0 unspecified atom stereocenters. The number of fused-ring (bicyclic) bond motifs is 1. The summed E-state index contributed by atoms with van der Waals surface area (Å²) < 4.78 is 18.0. The van der Waals surface area contributed by atoms with Gasteiger partial charge in [0.25, 0.3) is 11.8 Å². The second-order valence-electron chi connectivity index (χ2n) is 28.0. The standard InChI is InChI=1S/C76H108N10O15S/c1-14-49(8)67(62(98-12)44-64(90)85-38-24-30-59(85)68(99-13)50(9)60(87)42-53(71-78-37-40-102-71)41-51-25-17-15-18-26-51)83(10)72(93)57(46(2)3)43-61(88)66(48(6)7)84(11)76(97)100-45-52-32-34-54(35-33-52)80-69(91)58(29-23-36-79-75(77)96)81-70(92)65(47(4)5)82-63(89)31-19-16-22-39-101-86-73(94)55-27-20-21-28-56(55)74(86)95/h15,17-18,20-21,25-28,32-35,37,40,46-50,53,57-59,62,65-68H,14,16,19,22-24,29-31,36,38-39,41-45H2,1-13H3,(H,80,91)(H,81,92)(H,82,89)(H3,77,79,96)/t49-,50-,53+,57-,58-,59-,62+,65-,66-,67-,68+/m0/s1. The highest BCUT2D eigenvalue weighted by Crippen LogP contribution is 2.35. The molecular formula is C76H108N10O15S. The number of hydrogen-bond acceptors (Lipinski definition) is 17. The summed E-state index contributed by atoms with van der Waals surface area (Å²) in [4.78, 5) is 165. The maximum atomic E-state index is 15.0. The van der Waals surface area contributed by atoms with Crippen molar-refractivity contribution in [3.05, 3.63) is 118 Å². The smallest absolute Gasteiger partial charge is 0.410 e. The zero-order chi connectivity index (χ0) is 74.9. The van der Waals surface area contributed by atoms with Crippen molar-refractivity contribution in [3.63, 3.8) is 0 Å². The van der Waals surface area contributed by atoms with Crippen LogP contribution < -0.4 is 27.0 Å². The van der Waals surface area contributed by atoms with Crippen molar-refractivity contribution in [3.8, 4) is 0 Å². The van der Waals surface area contributed by atoms with Crippen molar-refractivity contribution < 1.29 is 71.8 Å². The van der Waals surface area contributed by atoms with Crippen LogP contribution in [-0.2, 0) is 65.6 Å². The van der Waals surface area contributed by atoms with Crippen LogP contribution in [0.4, 0.5) is 15.3 Å². The maximum Gasteiger partial charge on any atom is 0.410 e. The number of rotatable bonds is 42. The van der Waals surface area contributed by atoms with Gasteiger partial charge < -0.3 is 55.9 Å². The summed E-state index contributed by atoms with van der Waals surface area (Å²) in [7, 11) is 6.30. The van der Waals surface area contributed by atoms with E-state index >= 15 is 0 Å². The molecule has 10 amide bonds. The van der Waals surface area contributed by atoms with Crippen molar-refractivity contribution in [2.75, 3.05) is 53.3 Å². The number of Topliss-reactive ketones (excluding diaryl/α,β-unsaturated/α-hetero) is 2. The van der Waals surface area contributed by atoms with Crippen molar-refractivity contribution >= 4 is 82.1 Å². The van der Waals surface area contributed by atoms with Crippen molar-refractivity contribution in [1.82, 2.24) is 40.7 Å². The van der Waals surface area contributed by atoms with Gasteiger partial charge in [-0.1, -0.05) is 130 Å². The number of methoxy groups -OCH3 is 2. The van der Waals surface area contributed by atoms with E-state index < -0.39 is 89.9 Å². The van der Waals surface area contributed by atoms with Gasteiger partial charge in [0.2, 0.25) is 29.5 Å². The second kappa shape index (κ2) is 40.4. The number of likely N-dealkylation sites (N-methyl/N-ethyl adjacent to an activating group) is 2. The number of hydroxylamine groups is 2. The molecule has 2 aliphatic rings. The van der Waals surface area contributed by atoms with Crippen LogP contribution in [0.2, 0.25) is 0 Å². The number of hydrogen-bond donors (Lipinski definition) is 5. The molecule has 11 atom stereocenters. The highest BCUT2D eigenvalue weighted by molar-refractivity contribution is 7.09. The number of ketones is 2. The third kappa shape index (κ3) is 23.0. The largest absolute Gasteiger partial charge is 0.445 e. The Morgan fingerprint density at radius 2 is 1.39 bits per heavy atom. The third-order valence-corrected chi connectivity index (χ3v) is 20.6. The number of nitrogens with two attached hydrogens (primary N) is 1. The lowest BCUT2D eigenvalue weighted by Gasteiger charge is -2.41. The number of unbranched alkanes of at least 4 members (excludes halogenated alkanes) is 2. The lowest BCUT2D eigenvalue weighted by Crippen LogP contribution is -2.54. The Balaban J connectivity index is 1.02. The van der Waals surface area contributed by atoms with Crippen LogP contribution in [0.25, 0.3) is 0 Å². The number of thiazole rings is 1. The topological polar surface area (TPSA) is 325 Å². The molecule has 6 rings (SSSR count). The highest BCUT2D eigenvalue weighted by Gasteiger charge is 2.45. The first-order chi connectivity index (χ1) is 48.6. The van der Waals surface area contributed by atoms with Gasteiger partial charge in [0, 0.05) is 95.7 Å². The molecule has 25 nitrogen and oxygen atoms in total. The van der Waals surface area contributed by atoms with E-state index in [0.29, 0.717) is 56.3 Å². The van der Waals surface area contributed by atoms with Gasteiger partial charge in [0.15, 0.2) is 5.78 Å². The average Bonchev–Trinajstić information content (AvgIpc) is 1.59. The second-order valence-corrected chi connectivity index (χ2v) is 28.9. The minimum Gasteiger partial charge on any atom is -0.445 e. The number of nitrogens with zero attached hydrogens (tertiary/aromatic N) is 5. The molecule has 0 spiro atoms. The predicted octanol–water partition coefficient (Wildman–Crippen LogP) is 9.67. The number of urea groups is 1. The first-order valence-corrected chi connectivity index (χ1v) is 36.6. The maximum absolute atomic E-state index is 15.0. The third-order valence-electron chi connectivity index (χ3n) is 19.6. The molecule has 1 fully saturated rings. The average molecular weight is 1430 g/mol. The molecule has 558 valence electrons. The van der Waals surface area contributed by atoms with Crippen molar-refractivity contribution in [2.45, 2.75) is 201 Å². The van der Waals surface area contributed by atoms with E-state index in [-0.39, 0.29) is 128 Å². The van der Waals surface area contributed by atoms with Gasteiger partial charge in [-0.3, -0.25) is 48.0 Å². The molecule has 102 heavy (non-hydrogen) atoms. The van der Waals surface area contributed by atoms with Gasteiger partial charge in [0.1, 0.15) is 24.5 Å². The van der Waals surface area contributed by atoms with Crippen LogP contribution >= 0.6 is 11.3 Å². The molecule has 0 saturated carbocycles. The van der Waals surface area contributed by atoms with E-state index in [0.717, 1.165) is 22.1 Å². The van der Waals surface area contributed by atoms with Crippen molar-refractivity contribution in [2.24, 2.45) is 41.2 Å². The minimum absolute atomic E-state index is 0.0331. The molecule has 1 saturated heterocycles. The van der Waals surface area contributed by atoms with Crippen LogP contribution in [0.1, 0.15) is 182 Å². The highest BCUT2D eigenvalue weighted by atomic mass is 32.1. The molecule has 0 aliphatic carbocycles. The van der Waals surface area contributed by atoms with E-state index in [1.54, 1.807) is 87.6 Å². The quantitative estimate of drug-likeness (QED) is 0.0203. The number of amides is 10. The molecule has 0 radical (unpaired) electrons. The van der Waals surface area contributed by atoms with E-state index in [2.05, 4.69) is 38.4 Å². The molecule has 4 aromatic rings.